The largest absolute Gasteiger partial charge is 0.486 e. The van der Waals surface area contributed by atoms with E-state index in [9.17, 15) is 13.2 Å². The van der Waals surface area contributed by atoms with Gasteiger partial charge >= 0.3 is 6.18 Å². The van der Waals surface area contributed by atoms with Gasteiger partial charge in [-0.1, -0.05) is 12.1 Å². The Balaban J connectivity index is 0.00000208. The quantitative estimate of drug-likeness (QED) is 0.887. The molecule has 2 heterocycles. The lowest BCUT2D eigenvalue weighted by atomic mass is 9.97. The molecule has 1 saturated heterocycles. The number of nitrogens with zero attached hydrogens (tertiary/aromatic N) is 1. The zero-order valence-electron chi connectivity index (χ0n) is 13.3. The number of hydrogen-bond donors (Lipinski definition) is 1. The zero-order valence-corrected chi connectivity index (χ0v) is 14.1. The van der Waals surface area contributed by atoms with Crippen molar-refractivity contribution in [3.05, 3.63) is 23.8 Å². The van der Waals surface area contributed by atoms with Gasteiger partial charge in [-0.15, -0.1) is 12.4 Å². The Morgan fingerprint density at radius 1 is 1.12 bits per heavy atom. The van der Waals surface area contributed by atoms with Crippen molar-refractivity contribution in [2.75, 3.05) is 39.4 Å². The van der Waals surface area contributed by atoms with Gasteiger partial charge in [0.05, 0.1) is 0 Å². The third-order valence-corrected chi connectivity index (χ3v) is 4.25. The highest BCUT2D eigenvalue weighted by atomic mass is 35.5. The number of nitrogens with one attached hydrogen (secondary N) is 1. The van der Waals surface area contributed by atoms with Gasteiger partial charge in [0.1, 0.15) is 13.2 Å². The molecule has 1 N–H and O–H groups in total. The number of piperazine rings is 1. The molecule has 3 rings (SSSR count). The lowest BCUT2D eigenvalue weighted by molar-refractivity contribution is -0.138. The Labute approximate surface area is 145 Å². The second-order valence-electron chi connectivity index (χ2n) is 5.83. The Hall–Kier alpha value is -1.18. The van der Waals surface area contributed by atoms with Gasteiger partial charge in [-0.2, -0.15) is 13.2 Å². The number of ether oxygens (including phenoxy) is 2. The van der Waals surface area contributed by atoms with E-state index in [0.717, 1.165) is 31.7 Å². The van der Waals surface area contributed by atoms with Crippen molar-refractivity contribution in [2.24, 2.45) is 0 Å². The highest BCUT2D eigenvalue weighted by Gasteiger charge is 2.33. The van der Waals surface area contributed by atoms with E-state index in [4.69, 9.17) is 9.47 Å². The van der Waals surface area contributed by atoms with Crippen LogP contribution >= 0.6 is 12.4 Å². The number of alkyl halides is 3. The summed E-state index contributed by atoms with van der Waals surface area (Å²) in [5.41, 5.74) is 0.799. The maximum absolute atomic E-state index is 12.8. The standard InChI is InChI=1S/C16H21F3N2O2.ClH/c17-16(18,19)5-4-13(21-8-6-20-7-9-21)12-2-1-3-14-15(12)23-11-10-22-14;/h1-3,13,20H,4-11H2;1H/t13-;/m1./s1. The fourth-order valence-corrected chi connectivity index (χ4v) is 3.19. The molecular formula is C16H22ClF3N2O2. The Kier molecular flexibility index (Phi) is 6.60. The first-order chi connectivity index (χ1) is 11.0. The SMILES string of the molecule is Cl.FC(F)(F)CC[C@H](c1cccc2c1OCCO2)N1CCNCC1. The van der Waals surface area contributed by atoms with Crippen LogP contribution in [0.15, 0.2) is 18.2 Å². The van der Waals surface area contributed by atoms with Crippen molar-refractivity contribution in [3.8, 4) is 11.5 Å². The number of para-hydroxylation sites is 1. The van der Waals surface area contributed by atoms with Crippen LogP contribution in [0.5, 0.6) is 11.5 Å². The van der Waals surface area contributed by atoms with Gasteiger partial charge in [-0.05, 0) is 12.5 Å². The van der Waals surface area contributed by atoms with Crippen molar-refractivity contribution < 1.29 is 22.6 Å². The summed E-state index contributed by atoms with van der Waals surface area (Å²) in [5.74, 6) is 1.23. The topological polar surface area (TPSA) is 33.7 Å². The number of fused-ring (bicyclic) bond motifs is 1. The zero-order chi connectivity index (χ0) is 16.3. The second-order valence-corrected chi connectivity index (χ2v) is 5.83. The molecule has 8 heteroatoms. The van der Waals surface area contributed by atoms with Gasteiger partial charge in [0, 0.05) is 44.2 Å². The molecule has 0 bridgehead atoms. The highest BCUT2D eigenvalue weighted by Crippen LogP contribution is 2.41. The van der Waals surface area contributed by atoms with Gasteiger partial charge in [0.2, 0.25) is 0 Å². The first-order valence-electron chi connectivity index (χ1n) is 7.94. The van der Waals surface area contributed by atoms with Gasteiger partial charge in [-0.25, -0.2) is 0 Å². The van der Waals surface area contributed by atoms with E-state index in [1.54, 1.807) is 6.07 Å². The van der Waals surface area contributed by atoms with Crippen LogP contribution in [0.2, 0.25) is 0 Å². The molecule has 0 spiro atoms. The second kappa shape index (κ2) is 8.27. The Morgan fingerprint density at radius 3 is 2.54 bits per heavy atom. The molecule has 24 heavy (non-hydrogen) atoms. The minimum absolute atomic E-state index is 0. The van der Waals surface area contributed by atoms with Gasteiger partial charge in [-0.3, -0.25) is 4.90 Å². The van der Waals surface area contributed by atoms with E-state index in [1.807, 2.05) is 12.1 Å². The van der Waals surface area contributed by atoms with Crippen molar-refractivity contribution in [3.63, 3.8) is 0 Å². The predicted octanol–water partition coefficient (Wildman–Crippen LogP) is 3.17. The fraction of sp³-hybridized carbons (Fsp3) is 0.625. The van der Waals surface area contributed by atoms with Crippen molar-refractivity contribution in [2.45, 2.75) is 25.1 Å². The van der Waals surface area contributed by atoms with E-state index >= 15 is 0 Å². The number of halogens is 4. The molecule has 0 amide bonds. The molecule has 1 atom stereocenters. The molecule has 2 aliphatic heterocycles. The average molecular weight is 367 g/mol. The molecule has 0 aromatic heterocycles. The maximum atomic E-state index is 12.8. The van der Waals surface area contributed by atoms with Crippen LogP contribution in [0, 0.1) is 0 Å². The number of hydrogen-bond acceptors (Lipinski definition) is 4. The molecule has 1 fully saturated rings. The van der Waals surface area contributed by atoms with E-state index in [0.29, 0.717) is 24.7 Å². The fourth-order valence-electron chi connectivity index (χ4n) is 3.19. The first kappa shape index (κ1) is 19.1. The normalized spacial score (nSPS) is 19.5. The monoisotopic (exact) mass is 366 g/mol. The van der Waals surface area contributed by atoms with Crippen LogP contribution in [0.25, 0.3) is 0 Å². The van der Waals surface area contributed by atoms with E-state index in [2.05, 4.69) is 10.2 Å². The molecular weight excluding hydrogens is 345 g/mol. The summed E-state index contributed by atoms with van der Waals surface area (Å²) in [4.78, 5) is 2.11. The van der Waals surface area contributed by atoms with E-state index in [1.165, 1.54) is 0 Å². The van der Waals surface area contributed by atoms with Gasteiger partial charge in [0.15, 0.2) is 11.5 Å². The van der Waals surface area contributed by atoms with Crippen LogP contribution in [-0.2, 0) is 0 Å². The minimum Gasteiger partial charge on any atom is -0.486 e. The lowest BCUT2D eigenvalue weighted by Crippen LogP contribution is -2.45. The molecule has 1 aromatic rings. The molecule has 136 valence electrons. The molecule has 0 saturated carbocycles. The molecule has 0 radical (unpaired) electrons. The summed E-state index contributed by atoms with van der Waals surface area (Å²) < 4.78 is 49.5. The minimum atomic E-state index is -4.15. The summed E-state index contributed by atoms with van der Waals surface area (Å²) in [5, 5.41) is 3.24. The summed E-state index contributed by atoms with van der Waals surface area (Å²) in [6.07, 6.45) is -4.92. The smallest absolute Gasteiger partial charge is 0.389 e. The van der Waals surface area contributed by atoms with Crippen LogP contribution in [-0.4, -0.2) is 50.5 Å². The summed E-state index contributed by atoms with van der Waals surface area (Å²) in [7, 11) is 0. The Bertz CT molecular complexity index is 537. The van der Waals surface area contributed by atoms with Crippen molar-refractivity contribution >= 4 is 12.4 Å². The maximum Gasteiger partial charge on any atom is 0.389 e. The van der Waals surface area contributed by atoms with Crippen LogP contribution in [0.1, 0.15) is 24.4 Å². The number of benzene rings is 1. The summed E-state index contributed by atoms with van der Waals surface area (Å²) >= 11 is 0. The van der Waals surface area contributed by atoms with E-state index in [-0.39, 0.29) is 24.9 Å². The lowest BCUT2D eigenvalue weighted by Gasteiger charge is -2.36. The first-order valence-corrected chi connectivity index (χ1v) is 7.94. The molecule has 2 aliphatic rings. The third kappa shape index (κ3) is 4.68. The summed E-state index contributed by atoms with van der Waals surface area (Å²) in [6, 6.07) is 5.18. The van der Waals surface area contributed by atoms with Gasteiger partial charge < -0.3 is 14.8 Å². The van der Waals surface area contributed by atoms with Crippen LogP contribution in [0.3, 0.4) is 0 Å². The molecule has 1 aromatic carbocycles. The predicted molar refractivity (Wildman–Crippen MR) is 87.2 cm³/mol. The highest BCUT2D eigenvalue weighted by molar-refractivity contribution is 5.85. The molecule has 4 nitrogen and oxygen atoms in total. The van der Waals surface area contributed by atoms with Crippen LogP contribution < -0.4 is 14.8 Å². The molecule has 0 unspecified atom stereocenters. The van der Waals surface area contributed by atoms with Gasteiger partial charge in [0.25, 0.3) is 0 Å². The average Bonchev–Trinajstić information content (AvgIpc) is 2.55. The molecule has 0 aliphatic carbocycles. The van der Waals surface area contributed by atoms with Crippen LogP contribution in [0.4, 0.5) is 13.2 Å². The number of rotatable bonds is 4. The van der Waals surface area contributed by atoms with Crippen molar-refractivity contribution in [1.82, 2.24) is 10.2 Å². The Morgan fingerprint density at radius 2 is 1.83 bits per heavy atom. The van der Waals surface area contributed by atoms with Crippen molar-refractivity contribution in [1.29, 1.82) is 0 Å². The third-order valence-electron chi connectivity index (χ3n) is 4.25. The van der Waals surface area contributed by atoms with E-state index < -0.39 is 12.6 Å². The summed E-state index contributed by atoms with van der Waals surface area (Å²) in [6.45, 7) is 3.93.